The Kier molecular flexibility index (Phi) is 8.40. The van der Waals surface area contributed by atoms with Crippen molar-refractivity contribution >= 4 is 33.5 Å². The Morgan fingerprint density at radius 2 is 1.83 bits per heavy atom. The van der Waals surface area contributed by atoms with Gasteiger partial charge in [0.25, 0.3) is 5.91 Å². The average Bonchev–Trinajstić information content (AvgIpc) is 2.72. The van der Waals surface area contributed by atoms with Gasteiger partial charge in [0.2, 0.25) is 10.0 Å². The second-order valence-electron chi connectivity index (χ2n) is 6.84. The molecule has 162 valence electrons. The van der Waals surface area contributed by atoms with Gasteiger partial charge in [-0.3, -0.25) is 4.79 Å². The number of carbonyl (C=O) groups is 2. The molecule has 0 aliphatic carbocycles. The third kappa shape index (κ3) is 6.29. The molecule has 2 aromatic rings. The summed E-state index contributed by atoms with van der Waals surface area (Å²) in [7, 11) is -2.42. The van der Waals surface area contributed by atoms with Gasteiger partial charge in [0.05, 0.1) is 15.5 Å². The fraction of sp³-hybridized carbons (Fsp3) is 0.333. The number of esters is 1. The van der Waals surface area contributed by atoms with Crippen molar-refractivity contribution in [2.45, 2.75) is 37.8 Å². The van der Waals surface area contributed by atoms with Gasteiger partial charge in [0.1, 0.15) is 0 Å². The van der Waals surface area contributed by atoms with Crippen LogP contribution in [0.25, 0.3) is 0 Å². The van der Waals surface area contributed by atoms with Crippen molar-refractivity contribution in [3.8, 4) is 0 Å². The summed E-state index contributed by atoms with van der Waals surface area (Å²) in [5.41, 5.74) is 0.701. The van der Waals surface area contributed by atoms with E-state index in [1.54, 1.807) is 0 Å². The molecule has 0 heterocycles. The zero-order valence-electron chi connectivity index (χ0n) is 17.1. The van der Waals surface area contributed by atoms with E-state index in [4.69, 9.17) is 16.3 Å². The Hall–Kier alpha value is -2.42. The van der Waals surface area contributed by atoms with E-state index in [2.05, 4.69) is 5.32 Å². The Labute approximate surface area is 182 Å². The highest BCUT2D eigenvalue weighted by Crippen LogP contribution is 2.24. The van der Waals surface area contributed by atoms with Gasteiger partial charge in [-0.2, -0.15) is 4.31 Å². The lowest BCUT2D eigenvalue weighted by Gasteiger charge is -2.18. The summed E-state index contributed by atoms with van der Waals surface area (Å²) in [6.45, 7) is 3.43. The second-order valence-corrected chi connectivity index (χ2v) is 9.29. The Morgan fingerprint density at radius 1 is 1.17 bits per heavy atom. The van der Waals surface area contributed by atoms with E-state index >= 15 is 0 Å². The lowest BCUT2D eigenvalue weighted by atomic mass is 10.2. The van der Waals surface area contributed by atoms with Crippen molar-refractivity contribution in [2.24, 2.45) is 0 Å². The van der Waals surface area contributed by atoms with E-state index < -0.39 is 28.5 Å². The monoisotopic (exact) mass is 452 g/mol. The van der Waals surface area contributed by atoms with Crippen LogP contribution in [0.3, 0.4) is 0 Å². The van der Waals surface area contributed by atoms with E-state index in [1.807, 2.05) is 44.2 Å². The van der Waals surface area contributed by atoms with Crippen LogP contribution in [0.15, 0.2) is 53.4 Å². The van der Waals surface area contributed by atoms with E-state index in [1.165, 1.54) is 23.5 Å². The summed E-state index contributed by atoms with van der Waals surface area (Å²) in [5, 5.41) is 2.71. The largest absolute Gasteiger partial charge is 0.452 e. The van der Waals surface area contributed by atoms with Crippen LogP contribution >= 0.6 is 11.6 Å². The Balaban J connectivity index is 2.15. The fourth-order valence-electron chi connectivity index (χ4n) is 2.55. The summed E-state index contributed by atoms with van der Waals surface area (Å²) >= 11 is 6.06. The maximum Gasteiger partial charge on any atom is 0.340 e. The third-order valence-electron chi connectivity index (χ3n) is 4.47. The number of nitrogens with zero attached hydrogens (tertiary/aromatic N) is 1. The van der Waals surface area contributed by atoms with Crippen molar-refractivity contribution in [3.05, 3.63) is 64.7 Å². The van der Waals surface area contributed by atoms with Crippen LogP contribution in [0.2, 0.25) is 5.02 Å². The summed E-state index contributed by atoms with van der Waals surface area (Å²) in [6, 6.07) is 12.9. The van der Waals surface area contributed by atoms with Crippen LogP contribution in [0.4, 0.5) is 0 Å². The first kappa shape index (κ1) is 23.9. The highest BCUT2D eigenvalue weighted by atomic mass is 35.5. The minimum absolute atomic E-state index is 0.0343. The number of hydrogen-bond acceptors (Lipinski definition) is 5. The number of rotatable bonds is 9. The number of hydrogen-bond donors (Lipinski definition) is 1. The van der Waals surface area contributed by atoms with Crippen LogP contribution in [0.1, 0.15) is 36.2 Å². The minimum atomic E-state index is -3.87. The molecule has 7 nitrogen and oxygen atoms in total. The van der Waals surface area contributed by atoms with Crippen molar-refractivity contribution in [3.63, 3.8) is 0 Å². The predicted octanol–water partition coefficient (Wildman–Crippen LogP) is 3.23. The molecule has 2 rings (SSSR count). The number of benzene rings is 2. The van der Waals surface area contributed by atoms with E-state index in [9.17, 15) is 18.0 Å². The van der Waals surface area contributed by atoms with Crippen LogP contribution in [-0.4, -0.2) is 44.3 Å². The SMILES string of the molecule is CC[C@H](C)NC(=O)COC(=O)c1cc(S(=O)(=O)N(C)Cc2ccccc2)ccc1Cl. The molecule has 30 heavy (non-hydrogen) atoms. The van der Waals surface area contributed by atoms with Gasteiger partial charge in [-0.15, -0.1) is 0 Å². The van der Waals surface area contributed by atoms with Gasteiger partial charge in [-0.05, 0) is 37.1 Å². The summed E-state index contributed by atoms with van der Waals surface area (Å²) in [5.74, 6) is -1.32. The Bertz CT molecular complexity index is 996. The number of ether oxygens (including phenoxy) is 1. The number of nitrogens with one attached hydrogen (secondary N) is 1. The third-order valence-corrected chi connectivity index (χ3v) is 6.60. The van der Waals surface area contributed by atoms with Crippen molar-refractivity contribution in [2.75, 3.05) is 13.7 Å². The zero-order valence-corrected chi connectivity index (χ0v) is 18.7. The van der Waals surface area contributed by atoms with E-state index in [-0.39, 0.29) is 28.1 Å². The number of halogens is 1. The standard InChI is InChI=1S/C21H25ClN2O5S/c1-4-15(2)23-20(25)14-29-21(26)18-12-17(10-11-19(18)22)30(27,28)24(3)13-16-8-6-5-7-9-16/h5-12,15H,4,13-14H2,1-3H3,(H,23,25)/t15-/m0/s1. The van der Waals surface area contributed by atoms with Crippen molar-refractivity contribution < 1.29 is 22.7 Å². The molecule has 0 aliphatic rings. The number of carbonyl (C=O) groups excluding carboxylic acids is 2. The van der Waals surface area contributed by atoms with Crippen LogP contribution in [-0.2, 0) is 26.1 Å². The van der Waals surface area contributed by atoms with Crippen molar-refractivity contribution in [1.82, 2.24) is 9.62 Å². The van der Waals surface area contributed by atoms with Gasteiger partial charge in [-0.1, -0.05) is 48.9 Å². The van der Waals surface area contributed by atoms with Gasteiger partial charge >= 0.3 is 5.97 Å². The molecule has 0 radical (unpaired) electrons. The first-order valence-electron chi connectivity index (χ1n) is 9.41. The molecule has 0 fully saturated rings. The zero-order chi connectivity index (χ0) is 22.3. The molecule has 2 aromatic carbocycles. The van der Waals surface area contributed by atoms with Gasteiger partial charge < -0.3 is 10.1 Å². The smallest absolute Gasteiger partial charge is 0.340 e. The highest BCUT2D eigenvalue weighted by Gasteiger charge is 2.24. The summed E-state index contributed by atoms with van der Waals surface area (Å²) in [6.07, 6.45) is 0.738. The highest BCUT2D eigenvalue weighted by molar-refractivity contribution is 7.89. The van der Waals surface area contributed by atoms with Crippen molar-refractivity contribution in [1.29, 1.82) is 0 Å². The molecule has 1 amide bonds. The first-order valence-corrected chi connectivity index (χ1v) is 11.2. The molecule has 1 atom stereocenters. The van der Waals surface area contributed by atoms with Crippen LogP contribution in [0, 0.1) is 0 Å². The quantitative estimate of drug-likeness (QED) is 0.589. The molecule has 1 N–H and O–H groups in total. The second kappa shape index (κ2) is 10.6. The fourth-order valence-corrected chi connectivity index (χ4v) is 3.93. The molecule has 9 heteroatoms. The molecule has 0 saturated heterocycles. The first-order chi connectivity index (χ1) is 14.1. The summed E-state index contributed by atoms with van der Waals surface area (Å²) < 4.78 is 32.0. The molecule has 0 aromatic heterocycles. The number of sulfonamides is 1. The molecule has 0 bridgehead atoms. The summed E-state index contributed by atoms with van der Waals surface area (Å²) in [4.78, 5) is 24.1. The van der Waals surface area contributed by atoms with Gasteiger partial charge in [0.15, 0.2) is 6.61 Å². The molecule has 0 saturated carbocycles. The van der Waals surface area contributed by atoms with E-state index in [0.29, 0.717) is 0 Å². The Morgan fingerprint density at radius 3 is 2.47 bits per heavy atom. The van der Waals surface area contributed by atoms with Crippen LogP contribution < -0.4 is 5.32 Å². The maximum absolute atomic E-state index is 12.9. The van der Waals surface area contributed by atoms with E-state index in [0.717, 1.165) is 18.1 Å². The topological polar surface area (TPSA) is 92.8 Å². The molecule has 0 spiro atoms. The van der Waals surface area contributed by atoms with Gasteiger partial charge in [0, 0.05) is 19.6 Å². The van der Waals surface area contributed by atoms with Crippen LogP contribution in [0.5, 0.6) is 0 Å². The minimum Gasteiger partial charge on any atom is -0.452 e. The van der Waals surface area contributed by atoms with Gasteiger partial charge in [-0.25, -0.2) is 13.2 Å². The molecular formula is C21H25ClN2O5S. The number of amides is 1. The lowest BCUT2D eigenvalue weighted by molar-refractivity contribution is -0.124. The molecular weight excluding hydrogens is 428 g/mol. The lowest BCUT2D eigenvalue weighted by Crippen LogP contribution is -2.35. The molecule has 0 aliphatic heterocycles. The molecule has 0 unspecified atom stereocenters. The average molecular weight is 453 g/mol. The predicted molar refractivity (Wildman–Crippen MR) is 115 cm³/mol. The normalized spacial score (nSPS) is 12.4. The maximum atomic E-state index is 12.9.